The number of aryl methyl sites for hydroxylation is 1. The summed E-state index contributed by atoms with van der Waals surface area (Å²) in [6.45, 7) is 8.64. The van der Waals surface area contributed by atoms with Crippen LogP contribution in [0.3, 0.4) is 0 Å². The van der Waals surface area contributed by atoms with Crippen LogP contribution in [0.1, 0.15) is 43.0 Å². The number of hydrogen-bond acceptors (Lipinski definition) is 6. The maximum Gasteiger partial charge on any atom is 0.319 e. The summed E-state index contributed by atoms with van der Waals surface area (Å²) >= 11 is 3.38. The number of carbonyl (C=O) groups is 2. The van der Waals surface area contributed by atoms with Crippen LogP contribution in [0, 0.1) is 6.92 Å². The van der Waals surface area contributed by atoms with E-state index in [1.165, 1.54) is 12.8 Å². The second-order valence-electron chi connectivity index (χ2n) is 8.69. The summed E-state index contributed by atoms with van der Waals surface area (Å²) in [6, 6.07) is 4.92. The van der Waals surface area contributed by atoms with Gasteiger partial charge in [-0.05, 0) is 58.4 Å². The number of halogens is 1. The molecule has 11 heteroatoms. The van der Waals surface area contributed by atoms with E-state index >= 15 is 0 Å². The zero-order valence-electron chi connectivity index (χ0n) is 18.9. The molecule has 4 rings (SSSR count). The Morgan fingerprint density at radius 2 is 2.03 bits per heavy atom. The summed E-state index contributed by atoms with van der Waals surface area (Å²) in [4.78, 5) is 31.8. The molecule has 3 aromatic heterocycles. The predicted molar refractivity (Wildman–Crippen MR) is 130 cm³/mol. The molecule has 0 spiro atoms. The van der Waals surface area contributed by atoms with Gasteiger partial charge in [0.05, 0.1) is 23.3 Å². The minimum absolute atomic E-state index is 0.151. The highest BCUT2D eigenvalue weighted by Crippen LogP contribution is 2.27. The lowest BCUT2D eigenvalue weighted by Gasteiger charge is -2.31. The van der Waals surface area contributed by atoms with Crippen molar-refractivity contribution in [1.29, 1.82) is 0 Å². The summed E-state index contributed by atoms with van der Waals surface area (Å²) < 4.78 is 2.44. The molecule has 0 saturated carbocycles. The topological polar surface area (TPSA) is 117 Å². The molecule has 3 N–H and O–H groups in total. The smallest absolute Gasteiger partial charge is 0.319 e. The summed E-state index contributed by atoms with van der Waals surface area (Å²) in [7, 11) is 0. The predicted octanol–water partition coefficient (Wildman–Crippen LogP) is 3.44. The number of amides is 3. The van der Waals surface area contributed by atoms with E-state index in [2.05, 4.69) is 65.8 Å². The fourth-order valence-electron chi connectivity index (χ4n) is 3.98. The summed E-state index contributed by atoms with van der Waals surface area (Å²) in [5.74, 6) is -0.276. The van der Waals surface area contributed by atoms with Crippen molar-refractivity contribution in [2.45, 2.75) is 39.2 Å². The molecule has 1 saturated heterocycles. The van der Waals surface area contributed by atoms with E-state index in [4.69, 9.17) is 0 Å². The maximum absolute atomic E-state index is 12.8. The molecule has 0 aromatic carbocycles. The van der Waals surface area contributed by atoms with Crippen LogP contribution >= 0.6 is 15.9 Å². The quantitative estimate of drug-likeness (QED) is 0.463. The van der Waals surface area contributed by atoms with E-state index in [0.717, 1.165) is 17.6 Å². The van der Waals surface area contributed by atoms with Gasteiger partial charge in [0.15, 0.2) is 5.65 Å². The standard InChI is InChI=1S/C22H27BrN8O2/c1-14-17(27-20(32)19-29-28-18-11-15(23)5-9-31(18)19)12-16(13-25-14)26-21(33)24-7-10-30-8-4-6-22(30,2)3/h5,9,11-13H,4,6-8,10H2,1-3H3,(H,27,32)(H2,24,26,33). The van der Waals surface area contributed by atoms with Crippen molar-refractivity contribution in [1.82, 2.24) is 29.8 Å². The Hall–Kier alpha value is -3.05. The number of fused-ring (bicyclic) bond motifs is 1. The molecule has 10 nitrogen and oxygen atoms in total. The number of nitrogens with zero attached hydrogens (tertiary/aromatic N) is 5. The molecule has 0 aliphatic carbocycles. The van der Waals surface area contributed by atoms with Crippen molar-refractivity contribution in [2.24, 2.45) is 0 Å². The number of urea groups is 1. The molecule has 174 valence electrons. The molecule has 1 fully saturated rings. The Bertz CT molecular complexity index is 1190. The van der Waals surface area contributed by atoms with E-state index < -0.39 is 5.91 Å². The SMILES string of the molecule is Cc1ncc(NC(=O)NCCN2CCCC2(C)C)cc1NC(=O)c1nnc2cc(Br)ccn12. The lowest BCUT2D eigenvalue weighted by molar-refractivity contribution is 0.101. The molecule has 33 heavy (non-hydrogen) atoms. The van der Waals surface area contributed by atoms with Crippen LogP contribution < -0.4 is 16.0 Å². The van der Waals surface area contributed by atoms with Crippen LogP contribution in [-0.4, -0.2) is 61.6 Å². The van der Waals surface area contributed by atoms with Gasteiger partial charge in [-0.2, -0.15) is 0 Å². The second kappa shape index (κ2) is 9.44. The number of rotatable bonds is 6. The zero-order chi connectivity index (χ0) is 23.6. The van der Waals surface area contributed by atoms with E-state index in [-0.39, 0.29) is 17.4 Å². The highest BCUT2D eigenvalue weighted by Gasteiger charge is 2.31. The number of likely N-dealkylation sites (tertiary alicyclic amines) is 1. The van der Waals surface area contributed by atoms with Gasteiger partial charge in [0.1, 0.15) is 0 Å². The zero-order valence-corrected chi connectivity index (χ0v) is 20.4. The molecule has 4 heterocycles. The minimum atomic E-state index is -0.426. The lowest BCUT2D eigenvalue weighted by Crippen LogP contribution is -2.43. The Balaban J connectivity index is 1.37. The Labute approximate surface area is 200 Å². The molecular formula is C22H27BrN8O2. The van der Waals surface area contributed by atoms with Gasteiger partial charge in [-0.3, -0.25) is 19.1 Å². The van der Waals surface area contributed by atoms with Gasteiger partial charge in [-0.15, -0.1) is 10.2 Å². The Kier molecular flexibility index (Phi) is 6.61. The number of aromatic nitrogens is 4. The molecule has 3 amide bonds. The van der Waals surface area contributed by atoms with Crippen molar-refractivity contribution in [3.05, 3.63) is 46.6 Å². The summed E-state index contributed by atoms with van der Waals surface area (Å²) in [5, 5.41) is 16.5. The van der Waals surface area contributed by atoms with Gasteiger partial charge in [0.25, 0.3) is 5.91 Å². The number of hydrogen-bond donors (Lipinski definition) is 3. The second-order valence-corrected chi connectivity index (χ2v) is 9.61. The first kappa shape index (κ1) is 23.1. The molecule has 0 bridgehead atoms. The first-order valence-electron chi connectivity index (χ1n) is 10.8. The molecule has 3 aromatic rings. The minimum Gasteiger partial charge on any atom is -0.337 e. The van der Waals surface area contributed by atoms with E-state index in [9.17, 15) is 9.59 Å². The van der Waals surface area contributed by atoms with Crippen molar-refractivity contribution in [3.8, 4) is 0 Å². The summed E-state index contributed by atoms with van der Waals surface area (Å²) in [5.41, 5.74) is 2.30. The van der Waals surface area contributed by atoms with Crippen LogP contribution in [0.4, 0.5) is 16.2 Å². The fraction of sp³-hybridized carbons (Fsp3) is 0.409. The summed E-state index contributed by atoms with van der Waals surface area (Å²) in [6.07, 6.45) is 5.62. The first-order valence-corrected chi connectivity index (χ1v) is 11.6. The normalized spacial score (nSPS) is 15.5. The molecule has 1 aliphatic heterocycles. The van der Waals surface area contributed by atoms with E-state index in [1.54, 1.807) is 41.9 Å². The van der Waals surface area contributed by atoms with Crippen LogP contribution in [0.25, 0.3) is 5.65 Å². The van der Waals surface area contributed by atoms with E-state index in [0.29, 0.717) is 29.3 Å². The number of pyridine rings is 2. The van der Waals surface area contributed by atoms with Gasteiger partial charge in [0, 0.05) is 29.3 Å². The van der Waals surface area contributed by atoms with Crippen LogP contribution in [-0.2, 0) is 0 Å². The van der Waals surface area contributed by atoms with Crippen molar-refractivity contribution in [2.75, 3.05) is 30.3 Å². The largest absolute Gasteiger partial charge is 0.337 e. The van der Waals surface area contributed by atoms with Gasteiger partial charge in [-0.1, -0.05) is 15.9 Å². The maximum atomic E-state index is 12.8. The number of anilines is 2. The van der Waals surface area contributed by atoms with Gasteiger partial charge in [0.2, 0.25) is 5.82 Å². The van der Waals surface area contributed by atoms with Crippen molar-refractivity contribution < 1.29 is 9.59 Å². The number of nitrogens with one attached hydrogen (secondary N) is 3. The highest BCUT2D eigenvalue weighted by molar-refractivity contribution is 9.10. The molecular weight excluding hydrogens is 488 g/mol. The highest BCUT2D eigenvalue weighted by atomic mass is 79.9. The van der Waals surface area contributed by atoms with Crippen LogP contribution in [0.15, 0.2) is 35.1 Å². The fourth-order valence-corrected chi connectivity index (χ4v) is 4.31. The van der Waals surface area contributed by atoms with Crippen LogP contribution in [0.2, 0.25) is 0 Å². The Morgan fingerprint density at radius 3 is 2.79 bits per heavy atom. The molecule has 0 atom stereocenters. The monoisotopic (exact) mass is 514 g/mol. The van der Waals surface area contributed by atoms with Gasteiger partial charge in [-0.25, -0.2) is 4.79 Å². The third-order valence-corrected chi connectivity index (χ3v) is 6.40. The third kappa shape index (κ3) is 5.31. The first-order chi connectivity index (χ1) is 15.7. The van der Waals surface area contributed by atoms with Gasteiger partial charge < -0.3 is 16.0 Å². The Morgan fingerprint density at radius 1 is 1.21 bits per heavy atom. The average molecular weight is 515 g/mol. The van der Waals surface area contributed by atoms with Gasteiger partial charge >= 0.3 is 6.03 Å². The third-order valence-electron chi connectivity index (χ3n) is 5.91. The van der Waals surface area contributed by atoms with Crippen molar-refractivity contribution in [3.63, 3.8) is 0 Å². The molecule has 0 radical (unpaired) electrons. The van der Waals surface area contributed by atoms with Crippen LogP contribution in [0.5, 0.6) is 0 Å². The van der Waals surface area contributed by atoms with Crippen molar-refractivity contribution >= 4 is 44.9 Å². The molecule has 0 unspecified atom stereocenters. The molecule has 1 aliphatic rings. The lowest BCUT2D eigenvalue weighted by atomic mass is 10.0. The van der Waals surface area contributed by atoms with E-state index in [1.807, 2.05) is 0 Å². The number of carbonyl (C=O) groups excluding carboxylic acids is 2. The average Bonchev–Trinajstić information content (AvgIpc) is 3.32.